The third-order valence-corrected chi connectivity index (χ3v) is 5.78. The van der Waals surface area contributed by atoms with E-state index in [1.807, 2.05) is 19.9 Å². The summed E-state index contributed by atoms with van der Waals surface area (Å²) in [6, 6.07) is 6.10. The Kier molecular flexibility index (Phi) is 4.70. The van der Waals surface area contributed by atoms with Gasteiger partial charge in [-0.15, -0.1) is 0 Å². The third kappa shape index (κ3) is 3.71. The van der Waals surface area contributed by atoms with Crippen LogP contribution in [-0.2, 0) is 6.54 Å². The average molecular weight is 395 g/mol. The summed E-state index contributed by atoms with van der Waals surface area (Å²) in [5.41, 5.74) is 3.33. The normalized spacial score (nSPS) is 19.4. The lowest BCUT2D eigenvalue weighted by molar-refractivity contribution is 0.231. The molecular formula is C22H26FN5O. The summed E-state index contributed by atoms with van der Waals surface area (Å²) in [6.07, 6.45) is 4.21. The van der Waals surface area contributed by atoms with Gasteiger partial charge in [-0.05, 0) is 44.4 Å². The highest BCUT2D eigenvalue weighted by Gasteiger charge is 2.31. The number of aliphatic imine (C=N–C) groups is 1. The molecule has 0 amide bonds. The van der Waals surface area contributed by atoms with Crippen molar-refractivity contribution >= 4 is 11.5 Å². The summed E-state index contributed by atoms with van der Waals surface area (Å²) in [5.74, 6) is 0.854. The van der Waals surface area contributed by atoms with E-state index in [-0.39, 0.29) is 17.7 Å². The number of benzene rings is 1. The van der Waals surface area contributed by atoms with E-state index in [2.05, 4.69) is 24.8 Å². The molecule has 0 unspecified atom stereocenters. The lowest BCUT2D eigenvalue weighted by Crippen LogP contribution is -2.47. The molecule has 1 saturated carbocycles. The molecule has 5 rings (SSSR count). The first-order valence-electron chi connectivity index (χ1n) is 10.4. The highest BCUT2D eigenvalue weighted by atomic mass is 19.1. The van der Waals surface area contributed by atoms with Crippen molar-refractivity contribution in [1.29, 1.82) is 0 Å². The topological polar surface area (TPSA) is 53.9 Å². The number of aromatic nitrogens is 2. The number of halogens is 1. The van der Waals surface area contributed by atoms with Crippen LogP contribution >= 0.6 is 0 Å². The first kappa shape index (κ1) is 18.5. The predicted octanol–water partition coefficient (Wildman–Crippen LogP) is 3.04. The summed E-state index contributed by atoms with van der Waals surface area (Å²) in [5, 5.41) is 0. The van der Waals surface area contributed by atoms with Gasteiger partial charge in [0.25, 0.3) is 0 Å². The maximum Gasteiger partial charge on any atom is 0.165 e. The molecule has 2 fully saturated rings. The minimum atomic E-state index is -0.342. The minimum absolute atomic E-state index is 0.0932. The summed E-state index contributed by atoms with van der Waals surface area (Å²) >= 11 is 0. The van der Waals surface area contributed by atoms with Crippen molar-refractivity contribution in [3.8, 4) is 5.75 Å². The van der Waals surface area contributed by atoms with Crippen LogP contribution in [0.5, 0.6) is 5.75 Å². The van der Waals surface area contributed by atoms with Gasteiger partial charge in [-0.1, -0.05) is 0 Å². The second-order valence-electron chi connectivity index (χ2n) is 8.29. The van der Waals surface area contributed by atoms with Crippen LogP contribution in [0.25, 0.3) is 0 Å². The maximum absolute atomic E-state index is 14.3. The third-order valence-electron chi connectivity index (χ3n) is 5.78. The lowest BCUT2D eigenvalue weighted by Gasteiger charge is -2.35. The number of nitrogens with zero attached hydrogens (tertiary/aromatic N) is 5. The largest absolute Gasteiger partial charge is 0.488 e. The van der Waals surface area contributed by atoms with Gasteiger partial charge in [0.15, 0.2) is 11.6 Å². The highest BCUT2D eigenvalue weighted by Crippen LogP contribution is 2.31. The van der Waals surface area contributed by atoms with Gasteiger partial charge in [0.1, 0.15) is 12.1 Å². The molecule has 0 bridgehead atoms. The Hall–Kier alpha value is -2.54. The Morgan fingerprint density at radius 1 is 1.07 bits per heavy atom. The molecule has 3 heterocycles. The van der Waals surface area contributed by atoms with Gasteiger partial charge in [0.05, 0.1) is 24.1 Å². The Morgan fingerprint density at radius 3 is 2.59 bits per heavy atom. The molecule has 2 aliphatic heterocycles. The second-order valence-corrected chi connectivity index (χ2v) is 8.29. The molecule has 29 heavy (non-hydrogen) atoms. The first-order chi connectivity index (χ1) is 14.1. The molecule has 7 heteroatoms. The van der Waals surface area contributed by atoms with Crippen molar-refractivity contribution in [2.75, 3.05) is 31.1 Å². The molecule has 2 aromatic rings. The van der Waals surface area contributed by atoms with Crippen LogP contribution in [0.3, 0.4) is 0 Å². The van der Waals surface area contributed by atoms with E-state index >= 15 is 0 Å². The zero-order valence-electron chi connectivity index (χ0n) is 16.9. The van der Waals surface area contributed by atoms with Crippen molar-refractivity contribution in [2.45, 2.75) is 45.4 Å². The Balaban J connectivity index is 1.38. The highest BCUT2D eigenvalue weighted by molar-refractivity contribution is 6.14. The SMILES string of the molecule is CC(C)Oc1cc2c(cc1F)CN=C2c1cc(N2CCN(C3CC3)CC2)ncn1. The van der Waals surface area contributed by atoms with Gasteiger partial charge in [-0.3, -0.25) is 9.89 Å². The van der Waals surface area contributed by atoms with Crippen molar-refractivity contribution in [2.24, 2.45) is 4.99 Å². The van der Waals surface area contributed by atoms with Crippen LogP contribution < -0.4 is 9.64 Å². The van der Waals surface area contributed by atoms with Crippen molar-refractivity contribution < 1.29 is 9.13 Å². The van der Waals surface area contributed by atoms with Crippen molar-refractivity contribution in [3.63, 3.8) is 0 Å². The van der Waals surface area contributed by atoms with Crippen molar-refractivity contribution in [3.05, 3.63) is 47.2 Å². The van der Waals surface area contributed by atoms with Crippen LogP contribution in [0.4, 0.5) is 10.2 Å². The fourth-order valence-electron chi connectivity index (χ4n) is 4.16. The van der Waals surface area contributed by atoms with E-state index in [1.54, 1.807) is 12.4 Å². The van der Waals surface area contributed by atoms with E-state index in [1.165, 1.54) is 18.9 Å². The maximum atomic E-state index is 14.3. The molecule has 1 aromatic carbocycles. The average Bonchev–Trinajstić information content (AvgIpc) is 3.49. The molecule has 1 saturated heterocycles. The number of piperazine rings is 1. The number of rotatable bonds is 5. The molecule has 0 N–H and O–H groups in total. The zero-order chi connectivity index (χ0) is 20.0. The molecule has 1 aromatic heterocycles. The van der Waals surface area contributed by atoms with E-state index in [0.717, 1.165) is 60.6 Å². The molecule has 0 radical (unpaired) electrons. The molecule has 3 aliphatic rings. The Morgan fingerprint density at radius 2 is 1.86 bits per heavy atom. The molecule has 0 spiro atoms. The van der Waals surface area contributed by atoms with Crippen LogP contribution in [-0.4, -0.2) is 58.9 Å². The molecule has 0 atom stereocenters. The number of fused-ring (bicyclic) bond motifs is 1. The van der Waals surface area contributed by atoms with Gasteiger partial charge in [0.2, 0.25) is 0 Å². The molecule has 152 valence electrons. The predicted molar refractivity (Wildman–Crippen MR) is 110 cm³/mol. The summed E-state index contributed by atoms with van der Waals surface area (Å²) in [6.45, 7) is 8.37. The van der Waals surface area contributed by atoms with Crippen molar-refractivity contribution in [1.82, 2.24) is 14.9 Å². The zero-order valence-corrected chi connectivity index (χ0v) is 16.9. The Bertz CT molecular complexity index is 948. The number of ether oxygens (including phenoxy) is 1. The van der Waals surface area contributed by atoms with E-state index in [4.69, 9.17) is 4.74 Å². The molecule has 1 aliphatic carbocycles. The smallest absolute Gasteiger partial charge is 0.165 e. The number of hydrogen-bond acceptors (Lipinski definition) is 6. The van der Waals surface area contributed by atoms with Gasteiger partial charge in [-0.25, -0.2) is 14.4 Å². The standard InChI is InChI=1S/C22H26FN5O/c1-14(2)29-20-10-17-15(9-18(20)23)12-24-22(17)19-11-21(26-13-25-19)28-7-5-27(6-8-28)16-3-4-16/h9-11,13-14,16H,3-8,12H2,1-2H3. The summed E-state index contributed by atoms with van der Waals surface area (Å²) in [7, 11) is 0. The number of anilines is 1. The fraction of sp³-hybridized carbons (Fsp3) is 0.500. The second kappa shape index (κ2) is 7.37. The summed E-state index contributed by atoms with van der Waals surface area (Å²) < 4.78 is 20.0. The van der Waals surface area contributed by atoms with E-state index < -0.39 is 0 Å². The van der Waals surface area contributed by atoms with Gasteiger partial charge in [0, 0.05) is 43.9 Å². The monoisotopic (exact) mass is 395 g/mol. The fourth-order valence-corrected chi connectivity index (χ4v) is 4.16. The van der Waals surface area contributed by atoms with Crippen LogP contribution in [0.1, 0.15) is 43.5 Å². The molecule has 6 nitrogen and oxygen atoms in total. The van der Waals surface area contributed by atoms with E-state index in [9.17, 15) is 4.39 Å². The number of hydrogen-bond donors (Lipinski definition) is 0. The molecular weight excluding hydrogens is 369 g/mol. The van der Waals surface area contributed by atoms with Crippen LogP contribution in [0.15, 0.2) is 29.5 Å². The van der Waals surface area contributed by atoms with Gasteiger partial charge < -0.3 is 9.64 Å². The van der Waals surface area contributed by atoms with Crippen LogP contribution in [0.2, 0.25) is 0 Å². The lowest BCUT2D eigenvalue weighted by atomic mass is 10.0. The first-order valence-corrected chi connectivity index (χ1v) is 10.4. The minimum Gasteiger partial charge on any atom is -0.488 e. The van der Waals surface area contributed by atoms with Gasteiger partial charge >= 0.3 is 0 Å². The summed E-state index contributed by atoms with van der Waals surface area (Å²) in [4.78, 5) is 18.5. The quantitative estimate of drug-likeness (QED) is 0.779. The Labute approximate surface area is 170 Å². The van der Waals surface area contributed by atoms with Crippen LogP contribution in [0, 0.1) is 5.82 Å². The van der Waals surface area contributed by atoms with E-state index in [0.29, 0.717) is 6.54 Å². The van der Waals surface area contributed by atoms with Gasteiger partial charge in [-0.2, -0.15) is 0 Å².